The van der Waals surface area contributed by atoms with E-state index in [1.165, 1.54) is 6.92 Å². The molecule has 0 saturated heterocycles. The molecule has 0 aliphatic rings. The molecule has 0 spiro atoms. The van der Waals surface area contributed by atoms with E-state index < -0.39 is 18.0 Å². The standard InChI is InChI=1S/C6H8O5/c1-2-4(6(9)10)11-5(8)3-7/h3-4H,2H2,1H3,(H,9,10). The van der Waals surface area contributed by atoms with Crippen LogP contribution in [0.3, 0.4) is 0 Å². The highest BCUT2D eigenvalue weighted by atomic mass is 16.6. The Hall–Kier alpha value is -1.39. The summed E-state index contributed by atoms with van der Waals surface area (Å²) in [7, 11) is 0. The summed E-state index contributed by atoms with van der Waals surface area (Å²) in [5, 5.41) is 8.32. The van der Waals surface area contributed by atoms with Gasteiger partial charge >= 0.3 is 11.9 Å². The first-order valence-corrected chi connectivity index (χ1v) is 3.00. The fourth-order valence-electron chi connectivity index (χ4n) is 0.476. The molecule has 1 atom stereocenters. The molecule has 1 N–H and O–H groups in total. The average molecular weight is 160 g/mol. The van der Waals surface area contributed by atoms with Gasteiger partial charge in [-0.15, -0.1) is 0 Å². The topological polar surface area (TPSA) is 80.7 Å². The van der Waals surface area contributed by atoms with Gasteiger partial charge < -0.3 is 9.84 Å². The van der Waals surface area contributed by atoms with Crippen molar-refractivity contribution in [3.05, 3.63) is 0 Å². The van der Waals surface area contributed by atoms with E-state index >= 15 is 0 Å². The molecular formula is C6H8O5. The van der Waals surface area contributed by atoms with Crippen molar-refractivity contribution in [3.8, 4) is 0 Å². The lowest BCUT2D eigenvalue weighted by molar-refractivity contribution is -0.164. The molecule has 62 valence electrons. The van der Waals surface area contributed by atoms with E-state index in [0.717, 1.165) is 0 Å². The first-order chi connectivity index (χ1) is 5.11. The Morgan fingerprint density at radius 3 is 2.45 bits per heavy atom. The number of carboxylic acids is 1. The van der Waals surface area contributed by atoms with Gasteiger partial charge in [-0.25, -0.2) is 9.59 Å². The van der Waals surface area contributed by atoms with E-state index in [0.29, 0.717) is 0 Å². The minimum absolute atomic E-state index is 0.0639. The van der Waals surface area contributed by atoms with Crippen LogP contribution >= 0.6 is 0 Å². The zero-order valence-corrected chi connectivity index (χ0v) is 5.94. The summed E-state index contributed by atoms with van der Waals surface area (Å²) in [6.07, 6.45) is -1.13. The van der Waals surface area contributed by atoms with Crippen LogP contribution in [0.4, 0.5) is 0 Å². The molecule has 11 heavy (non-hydrogen) atoms. The maximum Gasteiger partial charge on any atom is 0.372 e. The number of aldehydes is 1. The second-order valence-corrected chi connectivity index (χ2v) is 1.79. The number of ether oxygens (including phenoxy) is 1. The first kappa shape index (κ1) is 9.61. The van der Waals surface area contributed by atoms with Gasteiger partial charge in [0.15, 0.2) is 6.10 Å². The van der Waals surface area contributed by atoms with E-state index in [9.17, 15) is 14.4 Å². The van der Waals surface area contributed by atoms with Crippen LogP contribution in [0.2, 0.25) is 0 Å². The van der Waals surface area contributed by atoms with Gasteiger partial charge in [0.1, 0.15) is 0 Å². The number of carbonyl (C=O) groups is 3. The molecular weight excluding hydrogens is 152 g/mol. The zero-order chi connectivity index (χ0) is 8.85. The summed E-state index contributed by atoms with van der Waals surface area (Å²) in [6.45, 7) is 1.54. The summed E-state index contributed by atoms with van der Waals surface area (Å²) >= 11 is 0. The van der Waals surface area contributed by atoms with E-state index in [4.69, 9.17) is 5.11 Å². The molecule has 0 amide bonds. The molecule has 0 bridgehead atoms. The zero-order valence-electron chi connectivity index (χ0n) is 5.94. The number of hydrogen-bond acceptors (Lipinski definition) is 4. The fraction of sp³-hybridized carbons (Fsp3) is 0.500. The predicted molar refractivity (Wildman–Crippen MR) is 33.9 cm³/mol. The summed E-state index contributed by atoms with van der Waals surface area (Å²) in [5.41, 5.74) is 0. The summed E-state index contributed by atoms with van der Waals surface area (Å²) in [5.74, 6) is -2.40. The molecule has 0 aromatic carbocycles. The highest BCUT2D eigenvalue weighted by molar-refractivity contribution is 6.20. The van der Waals surface area contributed by atoms with Crippen LogP contribution in [0.1, 0.15) is 13.3 Å². The van der Waals surface area contributed by atoms with Gasteiger partial charge in [-0.1, -0.05) is 6.92 Å². The Labute approximate surface area is 63.0 Å². The highest BCUT2D eigenvalue weighted by Gasteiger charge is 2.18. The Morgan fingerprint density at radius 2 is 2.18 bits per heavy atom. The monoisotopic (exact) mass is 160 g/mol. The van der Waals surface area contributed by atoms with Crippen molar-refractivity contribution in [2.24, 2.45) is 0 Å². The van der Waals surface area contributed by atoms with E-state index in [1.807, 2.05) is 0 Å². The van der Waals surface area contributed by atoms with Gasteiger partial charge in [0, 0.05) is 0 Å². The van der Waals surface area contributed by atoms with Crippen LogP contribution in [0.25, 0.3) is 0 Å². The van der Waals surface area contributed by atoms with Crippen LogP contribution in [-0.4, -0.2) is 29.4 Å². The average Bonchev–Trinajstić information content (AvgIpc) is 1.99. The Kier molecular flexibility index (Phi) is 3.87. The molecule has 0 aromatic rings. The van der Waals surface area contributed by atoms with E-state index in [2.05, 4.69) is 4.74 Å². The lowest BCUT2D eigenvalue weighted by Gasteiger charge is -2.07. The largest absolute Gasteiger partial charge is 0.479 e. The maximum absolute atomic E-state index is 10.2. The number of rotatable bonds is 4. The molecule has 0 heterocycles. The molecule has 1 unspecified atom stereocenters. The summed E-state index contributed by atoms with van der Waals surface area (Å²) in [6, 6.07) is 0. The van der Waals surface area contributed by atoms with Gasteiger partial charge in [-0.05, 0) is 6.42 Å². The molecule has 0 aliphatic heterocycles. The third-order valence-electron chi connectivity index (χ3n) is 1.00. The second-order valence-electron chi connectivity index (χ2n) is 1.79. The maximum atomic E-state index is 10.2. The van der Waals surface area contributed by atoms with E-state index in [1.54, 1.807) is 0 Å². The lowest BCUT2D eigenvalue weighted by atomic mass is 10.3. The SMILES string of the molecule is CCC(OC(=O)C=O)C(=O)O. The first-order valence-electron chi connectivity index (χ1n) is 3.00. The van der Waals surface area contributed by atoms with Crippen LogP contribution < -0.4 is 0 Å². The number of esters is 1. The summed E-state index contributed by atoms with van der Waals surface area (Å²) < 4.78 is 4.20. The van der Waals surface area contributed by atoms with Crippen molar-refractivity contribution in [2.75, 3.05) is 0 Å². The minimum atomic E-state index is -1.25. The Bertz CT molecular complexity index is 174. The molecule has 0 radical (unpaired) electrons. The van der Waals surface area contributed by atoms with Crippen molar-refractivity contribution >= 4 is 18.2 Å². The molecule has 0 fully saturated rings. The molecule has 0 rings (SSSR count). The molecule has 0 aliphatic carbocycles. The quantitative estimate of drug-likeness (QED) is 0.343. The van der Waals surface area contributed by atoms with Gasteiger partial charge in [0.25, 0.3) is 0 Å². The number of hydrogen-bond donors (Lipinski definition) is 1. The van der Waals surface area contributed by atoms with Gasteiger partial charge in [0.05, 0.1) is 0 Å². The smallest absolute Gasteiger partial charge is 0.372 e. The number of carboxylic acid groups (broad SMARTS) is 1. The fourth-order valence-corrected chi connectivity index (χ4v) is 0.476. The highest BCUT2D eigenvalue weighted by Crippen LogP contribution is 1.97. The lowest BCUT2D eigenvalue weighted by Crippen LogP contribution is -2.26. The minimum Gasteiger partial charge on any atom is -0.479 e. The number of carbonyl (C=O) groups excluding carboxylic acids is 2. The van der Waals surface area contributed by atoms with Crippen LogP contribution in [0, 0.1) is 0 Å². The third kappa shape index (κ3) is 3.34. The molecule has 5 heteroatoms. The second kappa shape index (κ2) is 4.43. The molecule has 0 aromatic heterocycles. The van der Waals surface area contributed by atoms with Crippen molar-refractivity contribution < 1.29 is 24.2 Å². The Balaban J connectivity index is 3.97. The Morgan fingerprint density at radius 1 is 1.64 bits per heavy atom. The number of aliphatic carboxylic acids is 1. The van der Waals surface area contributed by atoms with Crippen molar-refractivity contribution in [3.63, 3.8) is 0 Å². The van der Waals surface area contributed by atoms with Crippen LogP contribution in [-0.2, 0) is 19.1 Å². The molecule has 0 saturated carbocycles. The molecule has 5 nitrogen and oxygen atoms in total. The van der Waals surface area contributed by atoms with Gasteiger partial charge in [-0.2, -0.15) is 0 Å². The van der Waals surface area contributed by atoms with E-state index in [-0.39, 0.29) is 12.7 Å². The van der Waals surface area contributed by atoms with Crippen LogP contribution in [0.15, 0.2) is 0 Å². The van der Waals surface area contributed by atoms with Crippen molar-refractivity contribution in [1.29, 1.82) is 0 Å². The van der Waals surface area contributed by atoms with Crippen molar-refractivity contribution in [2.45, 2.75) is 19.4 Å². The third-order valence-corrected chi connectivity index (χ3v) is 1.00. The van der Waals surface area contributed by atoms with Gasteiger partial charge in [-0.3, -0.25) is 4.79 Å². The van der Waals surface area contributed by atoms with Gasteiger partial charge in [0.2, 0.25) is 6.29 Å². The van der Waals surface area contributed by atoms with Crippen LogP contribution in [0.5, 0.6) is 0 Å². The van der Waals surface area contributed by atoms with Crippen molar-refractivity contribution in [1.82, 2.24) is 0 Å². The predicted octanol–water partition coefficient (Wildman–Crippen LogP) is -0.408. The summed E-state index contributed by atoms with van der Waals surface area (Å²) in [4.78, 5) is 30.1. The normalized spacial score (nSPS) is 11.7.